The van der Waals surface area contributed by atoms with Crippen LogP contribution in [-0.2, 0) is 6.42 Å². The van der Waals surface area contributed by atoms with Gasteiger partial charge in [0.15, 0.2) is 0 Å². The molecule has 0 spiro atoms. The summed E-state index contributed by atoms with van der Waals surface area (Å²) in [5.74, 6) is 0.891. The Kier molecular flexibility index (Phi) is 8.51. The molecular formula is C58H44. The Morgan fingerprint density at radius 2 is 0.931 bits per heavy atom. The number of benzene rings is 10. The SMILES string of the molecule is C[C@@H](C1=CCC(c2c3ccccc3cc3ccccc23)C=C1)C(Cc1ccc(-c2c3ccccc3cc3ccccc23)cc1)c1cc2ccccc2c2ccccc12. The van der Waals surface area contributed by atoms with E-state index in [1.807, 2.05) is 0 Å². The van der Waals surface area contributed by atoms with Gasteiger partial charge in [-0.25, -0.2) is 0 Å². The molecule has 0 bridgehead atoms. The minimum atomic E-state index is 0.268. The van der Waals surface area contributed by atoms with Gasteiger partial charge in [-0.05, 0) is 135 Å². The fourth-order valence-electron chi connectivity index (χ4n) is 10.2. The molecule has 0 aliphatic heterocycles. The van der Waals surface area contributed by atoms with Crippen LogP contribution in [0.2, 0.25) is 0 Å². The van der Waals surface area contributed by atoms with Gasteiger partial charge in [0.25, 0.3) is 0 Å². The largest absolute Gasteiger partial charge is 0.0801 e. The Hall–Kier alpha value is -6.76. The molecule has 0 radical (unpaired) electrons. The summed E-state index contributed by atoms with van der Waals surface area (Å²) in [6.45, 7) is 2.47. The van der Waals surface area contributed by atoms with Gasteiger partial charge in [0.1, 0.15) is 0 Å². The van der Waals surface area contributed by atoms with Gasteiger partial charge in [-0.15, -0.1) is 0 Å². The first-order chi connectivity index (χ1) is 28.7. The maximum atomic E-state index is 2.55. The van der Waals surface area contributed by atoms with Gasteiger partial charge >= 0.3 is 0 Å². The Bertz CT molecular complexity index is 3140. The van der Waals surface area contributed by atoms with E-state index in [0.29, 0.717) is 11.8 Å². The minimum absolute atomic E-state index is 0.268. The minimum Gasteiger partial charge on any atom is -0.0801 e. The van der Waals surface area contributed by atoms with Gasteiger partial charge in [0.05, 0.1) is 0 Å². The highest BCUT2D eigenvalue weighted by atomic mass is 14.3. The van der Waals surface area contributed by atoms with Gasteiger partial charge in [0.2, 0.25) is 0 Å². The molecule has 0 aromatic heterocycles. The van der Waals surface area contributed by atoms with Crippen LogP contribution < -0.4 is 0 Å². The third kappa shape index (κ3) is 5.91. The molecule has 58 heavy (non-hydrogen) atoms. The van der Waals surface area contributed by atoms with Crippen molar-refractivity contribution in [3.8, 4) is 11.1 Å². The number of rotatable bonds is 7. The van der Waals surface area contributed by atoms with Crippen LogP contribution in [0.1, 0.15) is 41.9 Å². The Morgan fingerprint density at radius 3 is 1.48 bits per heavy atom. The van der Waals surface area contributed by atoms with Crippen LogP contribution >= 0.6 is 0 Å². The first-order valence-corrected chi connectivity index (χ1v) is 20.9. The van der Waals surface area contributed by atoms with Gasteiger partial charge in [-0.3, -0.25) is 0 Å². The molecular weight excluding hydrogens is 697 g/mol. The molecule has 3 atom stereocenters. The highest BCUT2D eigenvalue weighted by Crippen LogP contribution is 2.44. The van der Waals surface area contributed by atoms with Crippen LogP contribution in [0.4, 0.5) is 0 Å². The maximum Gasteiger partial charge on any atom is 0.00682 e. The van der Waals surface area contributed by atoms with Crippen LogP contribution in [0.25, 0.3) is 75.8 Å². The lowest BCUT2D eigenvalue weighted by atomic mass is 9.74. The van der Waals surface area contributed by atoms with E-state index in [9.17, 15) is 0 Å². The van der Waals surface area contributed by atoms with E-state index in [1.165, 1.54) is 98.0 Å². The van der Waals surface area contributed by atoms with E-state index in [4.69, 9.17) is 0 Å². The number of fused-ring (bicyclic) bond motifs is 7. The summed E-state index contributed by atoms with van der Waals surface area (Å²) in [5, 5.41) is 15.8. The average molecular weight is 741 g/mol. The molecule has 276 valence electrons. The first kappa shape index (κ1) is 34.5. The van der Waals surface area contributed by atoms with E-state index >= 15 is 0 Å². The number of allylic oxidation sites excluding steroid dienone is 4. The molecule has 0 heteroatoms. The summed E-state index contributed by atoms with van der Waals surface area (Å²) in [5.41, 5.74) is 8.26. The zero-order chi connectivity index (χ0) is 38.6. The van der Waals surface area contributed by atoms with E-state index in [1.54, 1.807) is 0 Å². The predicted octanol–water partition coefficient (Wildman–Crippen LogP) is 15.9. The monoisotopic (exact) mass is 740 g/mol. The van der Waals surface area contributed by atoms with E-state index in [-0.39, 0.29) is 5.92 Å². The summed E-state index contributed by atoms with van der Waals surface area (Å²) < 4.78 is 0. The van der Waals surface area contributed by atoms with Crippen molar-refractivity contribution >= 4 is 64.6 Å². The number of hydrogen-bond donors (Lipinski definition) is 0. The summed E-state index contributed by atoms with van der Waals surface area (Å²) >= 11 is 0. The highest BCUT2D eigenvalue weighted by Gasteiger charge is 2.27. The topological polar surface area (TPSA) is 0 Å². The van der Waals surface area contributed by atoms with Crippen LogP contribution in [0.15, 0.2) is 212 Å². The molecule has 0 nitrogen and oxygen atoms in total. The second kappa shape index (κ2) is 14.3. The highest BCUT2D eigenvalue weighted by molar-refractivity contribution is 6.13. The molecule has 10 aromatic carbocycles. The smallest absolute Gasteiger partial charge is 0.00682 e. The molecule has 1 aliphatic carbocycles. The van der Waals surface area contributed by atoms with Crippen molar-refractivity contribution in [2.24, 2.45) is 5.92 Å². The molecule has 10 aromatic rings. The molecule has 0 amide bonds. The summed E-state index contributed by atoms with van der Waals surface area (Å²) in [7, 11) is 0. The fourth-order valence-corrected chi connectivity index (χ4v) is 10.2. The maximum absolute atomic E-state index is 2.55. The van der Waals surface area contributed by atoms with E-state index in [2.05, 4.69) is 213 Å². The molecule has 0 saturated heterocycles. The van der Waals surface area contributed by atoms with Gasteiger partial charge in [-0.2, -0.15) is 0 Å². The van der Waals surface area contributed by atoms with Crippen LogP contribution in [-0.4, -0.2) is 0 Å². The van der Waals surface area contributed by atoms with Crippen LogP contribution in [0.3, 0.4) is 0 Å². The van der Waals surface area contributed by atoms with Gasteiger partial charge in [0, 0.05) is 5.92 Å². The fraction of sp³-hybridized carbons (Fsp3) is 0.103. The van der Waals surface area contributed by atoms with Crippen LogP contribution in [0.5, 0.6) is 0 Å². The lowest BCUT2D eigenvalue weighted by molar-refractivity contribution is 0.525. The van der Waals surface area contributed by atoms with Crippen molar-refractivity contribution in [1.29, 1.82) is 0 Å². The quantitative estimate of drug-likeness (QED) is 0.113. The summed E-state index contributed by atoms with van der Waals surface area (Å²) in [6.07, 6.45) is 9.45. The zero-order valence-electron chi connectivity index (χ0n) is 32.8. The van der Waals surface area contributed by atoms with E-state index in [0.717, 1.165) is 12.8 Å². The Balaban J connectivity index is 0.996. The van der Waals surface area contributed by atoms with Crippen molar-refractivity contribution in [1.82, 2.24) is 0 Å². The third-order valence-electron chi connectivity index (χ3n) is 13.1. The van der Waals surface area contributed by atoms with Crippen molar-refractivity contribution in [2.45, 2.75) is 31.6 Å². The van der Waals surface area contributed by atoms with E-state index < -0.39 is 0 Å². The average Bonchev–Trinajstić information content (AvgIpc) is 3.29. The standard InChI is InChI=1S/C58H44/c1-38(40-30-32-42(33-31-40)58-51-22-10-5-16-45(51)36-46-17-6-11-23-52(46)58)55(56-37-47-18-2-7-19-48(47)53-24-12-13-25-54(53)56)34-39-26-28-41(29-27-39)57-49-20-8-3-14-43(49)35-44-15-4-9-21-50(44)57/h2-32,35-38,42,55H,33-34H2,1H3/t38-,42?,55?/m0/s1. The molecule has 0 heterocycles. The van der Waals surface area contributed by atoms with Crippen molar-refractivity contribution in [2.75, 3.05) is 0 Å². The summed E-state index contributed by atoms with van der Waals surface area (Å²) in [6, 6.07) is 70.1. The van der Waals surface area contributed by atoms with Crippen molar-refractivity contribution < 1.29 is 0 Å². The molecule has 0 fully saturated rings. The van der Waals surface area contributed by atoms with Gasteiger partial charge < -0.3 is 0 Å². The second-order valence-corrected chi connectivity index (χ2v) is 16.4. The Labute approximate surface area is 340 Å². The molecule has 0 N–H and O–H groups in total. The molecule has 1 aliphatic rings. The third-order valence-corrected chi connectivity index (χ3v) is 13.1. The molecule has 11 rings (SSSR count). The lowest BCUT2D eigenvalue weighted by Gasteiger charge is -2.30. The predicted molar refractivity (Wildman–Crippen MR) is 250 cm³/mol. The lowest BCUT2D eigenvalue weighted by Crippen LogP contribution is -2.16. The number of hydrogen-bond acceptors (Lipinski definition) is 0. The Morgan fingerprint density at radius 1 is 0.466 bits per heavy atom. The molecule has 2 unspecified atom stereocenters. The first-order valence-electron chi connectivity index (χ1n) is 20.9. The van der Waals surface area contributed by atoms with Crippen molar-refractivity contribution in [3.05, 3.63) is 229 Å². The zero-order valence-corrected chi connectivity index (χ0v) is 32.8. The van der Waals surface area contributed by atoms with Gasteiger partial charge in [-0.1, -0.05) is 201 Å². The van der Waals surface area contributed by atoms with Crippen molar-refractivity contribution in [3.63, 3.8) is 0 Å². The van der Waals surface area contributed by atoms with Crippen LogP contribution in [0, 0.1) is 5.92 Å². The molecule has 0 saturated carbocycles. The normalized spacial score (nSPS) is 15.4. The summed E-state index contributed by atoms with van der Waals surface area (Å²) in [4.78, 5) is 0. The second-order valence-electron chi connectivity index (χ2n) is 16.4.